The Bertz CT molecular complexity index is 783. The van der Waals surface area contributed by atoms with E-state index in [4.69, 9.17) is 11.6 Å². The molecule has 4 rings (SSSR count). The molecule has 132 valence electrons. The standard InChI is InChI=1S/C19H23ClN4O/c1-12(2)19-22-21-17-10-15-7-8-16(11-23(17)19)24(15)18(25)9-13-3-5-14(20)6-4-13/h3-6,12,15-16H,7-11H2,1-2H3. The number of amides is 1. The molecule has 2 unspecified atom stereocenters. The van der Waals surface area contributed by atoms with Crippen LogP contribution in [0.1, 0.15) is 49.8 Å². The fourth-order valence-electron chi connectivity index (χ4n) is 4.16. The summed E-state index contributed by atoms with van der Waals surface area (Å²) >= 11 is 5.94. The van der Waals surface area contributed by atoms with Crippen molar-refractivity contribution in [1.82, 2.24) is 19.7 Å². The van der Waals surface area contributed by atoms with Crippen LogP contribution in [0.5, 0.6) is 0 Å². The SMILES string of the molecule is CC(C)c1nnc2n1CC1CCC(C2)N1C(=O)Cc1ccc(Cl)cc1. The van der Waals surface area contributed by atoms with Crippen molar-refractivity contribution < 1.29 is 4.79 Å². The van der Waals surface area contributed by atoms with Crippen molar-refractivity contribution in [2.45, 2.75) is 64.1 Å². The molecule has 3 heterocycles. The fourth-order valence-corrected chi connectivity index (χ4v) is 4.29. The number of fused-ring (bicyclic) bond motifs is 3. The molecule has 0 saturated carbocycles. The summed E-state index contributed by atoms with van der Waals surface area (Å²) in [6.45, 7) is 5.10. The van der Waals surface area contributed by atoms with Gasteiger partial charge < -0.3 is 9.47 Å². The molecular formula is C19H23ClN4O. The van der Waals surface area contributed by atoms with Gasteiger partial charge in [-0.3, -0.25) is 4.79 Å². The first-order valence-corrected chi connectivity index (χ1v) is 9.38. The Hall–Kier alpha value is -1.88. The summed E-state index contributed by atoms with van der Waals surface area (Å²) in [5, 5.41) is 9.48. The van der Waals surface area contributed by atoms with Crippen LogP contribution in [-0.4, -0.2) is 37.7 Å². The van der Waals surface area contributed by atoms with E-state index in [9.17, 15) is 4.79 Å². The number of rotatable bonds is 3. The summed E-state index contributed by atoms with van der Waals surface area (Å²) in [7, 11) is 0. The average Bonchev–Trinajstić information content (AvgIpc) is 3.09. The zero-order valence-electron chi connectivity index (χ0n) is 14.7. The van der Waals surface area contributed by atoms with Crippen LogP contribution in [0.2, 0.25) is 5.02 Å². The van der Waals surface area contributed by atoms with Crippen LogP contribution in [0.3, 0.4) is 0 Å². The molecule has 0 aliphatic carbocycles. The van der Waals surface area contributed by atoms with Gasteiger partial charge in [0.2, 0.25) is 5.91 Å². The maximum absolute atomic E-state index is 13.0. The molecule has 1 aromatic heterocycles. The summed E-state index contributed by atoms with van der Waals surface area (Å²) in [4.78, 5) is 15.1. The highest BCUT2D eigenvalue weighted by atomic mass is 35.5. The van der Waals surface area contributed by atoms with Crippen molar-refractivity contribution in [3.8, 4) is 0 Å². The summed E-state index contributed by atoms with van der Waals surface area (Å²) in [5.74, 6) is 2.61. The van der Waals surface area contributed by atoms with Crippen molar-refractivity contribution in [3.05, 3.63) is 46.5 Å². The first kappa shape index (κ1) is 16.6. The lowest BCUT2D eigenvalue weighted by Crippen LogP contribution is -2.43. The van der Waals surface area contributed by atoms with Crippen molar-refractivity contribution in [3.63, 3.8) is 0 Å². The Kier molecular flexibility index (Phi) is 4.28. The number of benzene rings is 1. The van der Waals surface area contributed by atoms with E-state index in [-0.39, 0.29) is 18.0 Å². The highest BCUT2D eigenvalue weighted by Gasteiger charge is 2.41. The Morgan fingerprint density at radius 1 is 1.20 bits per heavy atom. The van der Waals surface area contributed by atoms with E-state index < -0.39 is 0 Å². The van der Waals surface area contributed by atoms with Crippen molar-refractivity contribution in [1.29, 1.82) is 0 Å². The summed E-state index contributed by atoms with van der Waals surface area (Å²) in [6, 6.07) is 8.06. The average molecular weight is 359 g/mol. The zero-order valence-corrected chi connectivity index (χ0v) is 15.4. The van der Waals surface area contributed by atoms with E-state index in [1.54, 1.807) is 0 Å². The van der Waals surface area contributed by atoms with Gasteiger partial charge >= 0.3 is 0 Å². The molecule has 2 aromatic rings. The highest BCUT2D eigenvalue weighted by molar-refractivity contribution is 6.30. The Labute approximate surface area is 153 Å². The van der Waals surface area contributed by atoms with Crippen molar-refractivity contribution in [2.24, 2.45) is 0 Å². The first-order chi connectivity index (χ1) is 12.0. The molecule has 2 aliphatic heterocycles. The van der Waals surface area contributed by atoms with E-state index in [1.807, 2.05) is 24.3 Å². The lowest BCUT2D eigenvalue weighted by atomic mass is 10.1. The number of nitrogens with zero attached hydrogens (tertiary/aromatic N) is 4. The molecule has 1 amide bonds. The van der Waals surface area contributed by atoms with E-state index in [0.717, 1.165) is 43.0 Å². The molecule has 0 radical (unpaired) electrons. The second-order valence-electron chi connectivity index (χ2n) is 7.43. The molecule has 2 bridgehead atoms. The number of halogens is 1. The van der Waals surface area contributed by atoms with Crippen molar-refractivity contribution in [2.75, 3.05) is 0 Å². The van der Waals surface area contributed by atoms with Gasteiger partial charge in [-0.25, -0.2) is 0 Å². The van der Waals surface area contributed by atoms with Crippen LogP contribution < -0.4 is 0 Å². The van der Waals surface area contributed by atoms with Gasteiger partial charge in [-0.2, -0.15) is 0 Å². The van der Waals surface area contributed by atoms with Gasteiger partial charge in [0, 0.05) is 29.9 Å². The smallest absolute Gasteiger partial charge is 0.227 e. The van der Waals surface area contributed by atoms with Crippen LogP contribution in [0.25, 0.3) is 0 Å². The van der Waals surface area contributed by atoms with Gasteiger partial charge in [0.15, 0.2) is 0 Å². The first-order valence-electron chi connectivity index (χ1n) is 9.00. The number of hydrogen-bond donors (Lipinski definition) is 0. The maximum Gasteiger partial charge on any atom is 0.227 e. The number of aromatic nitrogens is 3. The number of hydrogen-bond acceptors (Lipinski definition) is 3. The van der Waals surface area contributed by atoms with E-state index >= 15 is 0 Å². The zero-order chi connectivity index (χ0) is 17.6. The van der Waals surface area contributed by atoms with Gasteiger partial charge in [0.25, 0.3) is 0 Å². The van der Waals surface area contributed by atoms with Gasteiger partial charge in [-0.1, -0.05) is 37.6 Å². The summed E-state index contributed by atoms with van der Waals surface area (Å²) in [5.41, 5.74) is 1.01. The largest absolute Gasteiger partial charge is 0.334 e. The minimum absolute atomic E-state index is 0.208. The number of carbonyl (C=O) groups is 1. The third-order valence-electron chi connectivity index (χ3n) is 5.36. The molecule has 1 aromatic carbocycles. The minimum atomic E-state index is 0.208. The van der Waals surface area contributed by atoms with E-state index in [1.165, 1.54) is 0 Å². The molecule has 2 atom stereocenters. The van der Waals surface area contributed by atoms with Gasteiger partial charge in [0.05, 0.1) is 12.5 Å². The molecule has 2 aliphatic rings. The second kappa shape index (κ2) is 6.45. The fraction of sp³-hybridized carbons (Fsp3) is 0.526. The normalized spacial score (nSPS) is 22.2. The maximum atomic E-state index is 13.0. The monoisotopic (exact) mass is 358 g/mol. The van der Waals surface area contributed by atoms with Gasteiger partial charge in [0.1, 0.15) is 11.6 Å². The topological polar surface area (TPSA) is 51.0 Å². The van der Waals surface area contributed by atoms with Crippen LogP contribution in [-0.2, 0) is 24.2 Å². The Balaban J connectivity index is 1.56. The van der Waals surface area contributed by atoms with Crippen LogP contribution >= 0.6 is 11.6 Å². The molecule has 25 heavy (non-hydrogen) atoms. The summed E-state index contributed by atoms with van der Waals surface area (Å²) in [6.07, 6.45) is 3.36. The van der Waals surface area contributed by atoms with Crippen molar-refractivity contribution >= 4 is 17.5 Å². The van der Waals surface area contributed by atoms with E-state index in [0.29, 0.717) is 17.4 Å². The summed E-state index contributed by atoms with van der Waals surface area (Å²) < 4.78 is 2.25. The Morgan fingerprint density at radius 2 is 1.92 bits per heavy atom. The van der Waals surface area contributed by atoms with Gasteiger partial charge in [-0.15, -0.1) is 10.2 Å². The minimum Gasteiger partial charge on any atom is -0.334 e. The van der Waals surface area contributed by atoms with Crippen LogP contribution in [0.15, 0.2) is 24.3 Å². The quantitative estimate of drug-likeness (QED) is 0.846. The third-order valence-corrected chi connectivity index (χ3v) is 5.61. The predicted octanol–water partition coefficient (Wildman–Crippen LogP) is 3.21. The predicted molar refractivity (Wildman–Crippen MR) is 96.6 cm³/mol. The lowest BCUT2D eigenvalue weighted by molar-refractivity contribution is -0.133. The number of carbonyl (C=O) groups excluding carboxylic acids is 1. The van der Waals surface area contributed by atoms with E-state index in [2.05, 4.69) is 33.5 Å². The third kappa shape index (κ3) is 3.06. The van der Waals surface area contributed by atoms with Crippen LogP contribution in [0, 0.1) is 0 Å². The molecule has 1 saturated heterocycles. The lowest BCUT2D eigenvalue weighted by Gasteiger charge is -2.28. The molecular weight excluding hydrogens is 336 g/mol. The molecule has 6 heteroatoms. The molecule has 0 spiro atoms. The van der Waals surface area contributed by atoms with Crippen LogP contribution in [0.4, 0.5) is 0 Å². The highest BCUT2D eigenvalue weighted by Crippen LogP contribution is 2.33. The molecule has 0 N–H and O–H groups in total. The Morgan fingerprint density at radius 3 is 2.64 bits per heavy atom. The second-order valence-corrected chi connectivity index (χ2v) is 7.87. The van der Waals surface area contributed by atoms with Gasteiger partial charge in [-0.05, 0) is 30.5 Å². The molecule has 5 nitrogen and oxygen atoms in total. The molecule has 1 fully saturated rings.